The molecule has 2 aliphatic rings. The van der Waals surface area contributed by atoms with Gasteiger partial charge in [0.15, 0.2) is 0 Å². The van der Waals surface area contributed by atoms with Gasteiger partial charge in [-0.25, -0.2) is 0 Å². The second-order valence-corrected chi connectivity index (χ2v) is 6.47. The van der Waals surface area contributed by atoms with Crippen molar-refractivity contribution in [2.75, 3.05) is 0 Å². The molecule has 0 radical (unpaired) electrons. The number of benzene rings is 1. The lowest BCUT2D eigenvalue weighted by Gasteiger charge is -2.24. The minimum atomic E-state index is 0.597. The first-order chi connectivity index (χ1) is 8.72. The number of rotatable bonds is 6. The number of aryl methyl sites for hydroxylation is 1. The first-order valence-corrected chi connectivity index (χ1v) is 7.55. The molecule has 2 fully saturated rings. The predicted molar refractivity (Wildman–Crippen MR) is 76.6 cm³/mol. The lowest BCUT2D eigenvalue weighted by atomic mass is 9.99. The molecule has 0 amide bonds. The van der Waals surface area contributed by atoms with Crippen molar-refractivity contribution >= 4 is 0 Å². The molecule has 2 atom stereocenters. The Hall–Kier alpha value is -0.820. The van der Waals surface area contributed by atoms with Gasteiger partial charge in [0.25, 0.3) is 0 Å². The first-order valence-electron chi connectivity index (χ1n) is 7.55. The van der Waals surface area contributed by atoms with E-state index in [1.54, 1.807) is 0 Å². The molecule has 0 spiro atoms. The maximum Gasteiger partial charge on any atom is 0.0350 e. The molecule has 0 heterocycles. The van der Waals surface area contributed by atoms with Crippen molar-refractivity contribution in [2.24, 2.45) is 11.8 Å². The fraction of sp³-hybridized carbons (Fsp3) is 0.647. The Morgan fingerprint density at radius 2 is 1.78 bits per heavy atom. The normalized spacial score (nSPS) is 22.8. The van der Waals surface area contributed by atoms with E-state index in [0.717, 1.165) is 11.8 Å². The molecular weight excluding hydrogens is 218 g/mol. The van der Waals surface area contributed by atoms with E-state index < -0.39 is 0 Å². The van der Waals surface area contributed by atoms with E-state index in [1.165, 1.54) is 43.2 Å². The standard InChI is InChI=1S/C17H25N/c1-12-3-7-15(8-4-12)17(16-9-10-16)18-13(2)11-14-5-6-14/h3-4,7-8,13-14,16-18H,5-6,9-11H2,1-2H3. The maximum absolute atomic E-state index is 3.89. The van der Waals surface area contributed by atoms with Crippen molar-refractivity contribution in [3.8, 4) is 0 Å². The Balaban J connectivity index is 1.65. The summed E-state index contributed by atoms with van der Waals surface area (Å²) in [7, 11) is 0. The second kappa shape index (κ2) is 5.05. The van der Waals surface area contributed by atoms with Crippen LogP contribution in [-0.2, 0) is 0 Å². The summed E-state index contributed by atoms with van der Waals surface area (Å²) < 4.78 is 0. The van der Waals surface area contributed by atoms with Crippen LogP contribution in [0.1, 0.15) is 56.2 Å². The summed E-state index contributed by atoms with van der Waals surface area (Å²) in [6.45, 7) is 4.53. The molecule has 1 heteroatoms. The van der Waals surface area contributed by atoms with Gasteiger partial charge < -0.3 is 5.32 Å². The van der Waals surface area contributed by atoms with Crippen LogP contribution in [0.15, 0.2) is 24.3 Å². The van der Waals surface area contributed by atoms with Crippen molar-refractivity contribution in [3.63, 3.8) is 0 Å². The van der Waals surface area contributed by atoms with E-state index in [2.05, 4.69) is 43.4 Å². The smallest absolute Gasteiger partial charge is 0.0350 e. The van der Waals surface area contributed by atoms with Gasteiger partial charge in [0, 0.05) is 12.1 Å². The lowest BCUT2D eigenvalue weighted by Crippen LogP contribution is -2.32. The average Bonchev–Trinajstić information content (AvgIpc) is 3.21. The zero-order valence-corrected chi connectivity index (χ0v) is 11.7. The third-order valence-corrected chi connectivity index (χ3v) is 4.38. The largest absolute Gasteiger partial charge is 0.307 e. The van der Waals surface area contributed by atoms with Gasteiger partial charge >= 0.3 is 0 Å². The Labute approximate surface area is 111 Å². The molecule has 0 aromatic heterocycles. The van der Waals surface area contributed by atoms with Crippen molar-refractivity contribution in [1.82, 2.24) is 5.32 Å². The minimum Gasteiger partial charge on any atom is -0.307 e. The van der Waals surface area contributed by atoms with Crippen LogP contribution in [0, 0.1) is 18.8 Å². The number of hydrogen-bond acceptors (Lipinski definition) is 1. The zero-order chi connectivity index (χ0) is 12.5. The van der Waals surface area contributed by atoms with Crippen molar-refractivity contribution in [1.29, 1.82) is 0 Å². The van der Waals surface area contributed by atoms with Crippen LogP contribution in [-0.4, -0.2) is 6.04 Å². The maximum atomic E-state index is 3.89. The lowest BCUT2D eigenvalue weighted by molar-refractivity contribution is 0.392. The van der Waals surface area contributed by atoms with E-state index in [-0.39, 0.29) is 0 Å². The SMILES string of the molecule is Cc1ccc(C(NC(C)CC2CC2)C2CC2)cc1. The molecule has 2 unspecified atom stereocenters. The molecule has 3 rings (SSSR count). The molecule has 0 aliphatic heterocycles. The quantitative estimate of drug-likeness (QED) is 0.788. The fourth-order valence-corrected chi connectivity index (χ4v) is 2.94. The van der Waals surface area contributed by atoms with Gasteiger partial charge in [-0.05, 0) is 50.5 Å². The third kappa shape index (κ3) is 3.14. The van der Waals surface area contributed by atoms with E-state index >= 15 is 0 Å². The third-order valence-electron chi connectivity index (χ3n) is 4.38. The van der Waals surface area contributed by atoms with Gasteiger partial charge in [0.2, 0.25) is 0 Å². The van der Waals surface area contributed by atoms with Gasteiger partial charge in [-0.1, -0.05) is 42.7 Å². The highest BCUT2D eigenvalue weighted by Crippen LogP contribution is 2.42. The molecule has 0 bridgehead atoms. The molecule has 2 saturated carbocycles. The summed E-state index contributed by atoms with van der Waals surface area (Å²) >= 11 is 0. The van der Waals surface area contributed by atoms with E-state index in [0.29, 0.717) is 12.1 Å². The fourth-order valence-electron chi connectivity index (χ4n) is 2.94. The van der Waals surface area contributed by atoms with Gasteiger partial charge in [0.05, 0.1) is 0 Å². The molecule has 1 N–H and O–H groups in total. The Kier molecular flexibility index (Phi) is 3.43. The Bertz CT molecular complexity index is 387. The highest BCUT2D eigenvalue weighted by atomic mass is 15.0. The van der Waals surface area contributed by atoms with Crippen molar-refractivity contribution < 1.29 is 0 Å². The van der Waals surface area contributed by atoms with Crippen LogP contribution in [0.2, 0.25) is 0 Å². The molecule has 98 valence electrons. The Morgan fingerprint density at radius 1 is 1.11 bits per heavy atom. The van der Waals surface area contributed by atoms with Crippen LogP contribution in [0.3, 0.4) is 0 Å². The molecule has 0 saturated heterocycles. The summed E-state index contributed by atoms with van der Waals surface area (Å²) in [6.07, 6.45) is 7.10. The van der Waals surface area contributed by atoms with Gasteiger partial charge in [-0.3, -0.25) is 0 Å². The molecule has 1 aromatic carbocycles. The van der Waals surface area contributed by atoms with Crippen molar-refractivity contribution in [2.45, 2.75) is 58.0 Å². The van der Waals surface area contributed by atoms with Crippen molar-refractivity contribution in [3.05, 3.63) is 35.4 Å². The average molecular weight is 243 g/mol. The molecule has 1 aromatic rings. The zero-order valence-electron chi connectivity index (χ0n) is 11.7. The second-order valence-electron chi connectivity index (χ2n) is 6.47. The molecular formula is C17H25N. The van der Waals surface area contributed by atoms with Crippen LogP contribution >= 0.6 is 0 Å². The van der Waals surface area contributed by atoms with Crippen LogP contribution in [0.5, 0.6) is 0 Å². The minimum absolute atomic E-state index is 0.597. The van der Waals surface area contributed by atoms with Crippen LogP contribution in [0.4, 0.5) is 0 Å². The van der Waals surface area contributed by atoms with Gasteiger partial charge in [-0.2, -0.15) is 0 Å². The number of hydrogen-bond donors (Lipinski definition) is 1. The monoisotopic (exact) mass is 243 g/mol. The molecule has 1 nitrogen and oxygen atoms in total. The Morgan fingerprint density at radius 3 is 2.33 bits per heavy atom. The predicted octanol–water partition coefficient (Wildman–Crippen LogP) is 4.22. The highest BCUT2D eigenvalue weighted by molar-refractivity contribution is 5.25. The highest BCUT2D eigenvalue weighted by Gasteiger charge is 2.33. The number of nitrogens with one attached hydrogen (secondary N) is 1. The topological polar surface area (TPSA) is 12.0 Å². The van der Waals surface area contributed by atoms with E-state index in [1.807, 2.05) is 0 Å². The van der Waals surface area contributed by atoms with Crippen LogP contribution in [0.25, 0.3) is 0 Å². The summed E-state index contributed by atoms with van der Waals surface area (Å²) in [5.41, 5.74) is 2.85. The van der Waals surface area contributed by atoms with E-state index in [9.17, 15) is 0 Å². The summed E-state index contributed by atoms with van der Waals surface area (Å²) in [6, 6.07) is 10.4. The summed E-state index contributed by atoms with van der Waals surface area (Å²) in [5.74, 6) is 1.90. The van der Waals surface area contributed by atoms with E-state index in [4.69, 9.17) is 0 Å². The van der Waals surface area contributed by atoms with Crippen LogP contribution < -0.4 is 5.32 Å². The summed E-state index contributed by atoms with van der Waals surface area (Å²) in [4.78, 5) is 0. The molecule has 18 heavy (non-hydrogen) atoms. The molecule has 2 aliphatic carbocycles. The first kappa shape index (κ1) is 12.2. The van der Waals surface area contributed by atoms with Gasteiger partial charge in [0.1, 0.15) is 0 Å². The van der Waals surface area contributed by atoms with Gasteiger partial charge in [-0.15, -0.1) is 0 Å². The summed E-state index contributed by atoms with van der Waals surface area (Å²) in [5, 5.41) is 3.89.